The van der Waals surface area contributed by atoms with Gasteiger partial charge in [0, 0.05) is 25.3 Å². The minimum absolute atomic E-state index is 0.0479. The summed E-state index contributed by atoms with van der Waals surface area (Å²) in [5.41, 5.74) is 1.46. The lowest BCUT2D eigenvalue weighted by atomic mass is 10.0. The molecular formula is C34H43N5O8S. The number of amides is 5. The van der Waals surface area contributed by atoms with Gasteiger partial charge in [0.1, 0.15) is 23.7 Å². The van der Waals surface area contributed by atoms with Crippen LogP contribution in [-0.4, -0.2) is 83.5 Å². The number of hydrogen-bond acceptors (Lipinski definition) is 8. The van der Waals surface area contributed by atoms with Crippen molar-refractivity contribution in [1.82, 2.24) is 25.2 Å². The van der Waals surface area contributed by atoms with Crippen LogP contribution in [0.4, 0.5) is 4.79 Å². The number of nitrogens with one attached hydrogen (secondary N) is 3. The molecule has 0 spiro atoms. The van der Waals surface area contributed by atoms with Gasteiger partial charge in [0.05, 0.1) is 18.3 Å². The van der Waals surface area contributed by atoms with Crippen LogP contribution in [0, 0.1) is 11.8 Å². The molecule has 1 aromatic rings. The smallest absolute Gasteiger partial charge is 0.410 e. The van der Waals surface area contributed by atoms with Gasteiger partial charge in [-0.1, -0.05) is 50.3 Å². The molecule has 13 nitrogen and oxygen atoms in total. The lowest BCUT2D eigenvalue weighted by Gasteiger charge is -2.31. The maximum Gasteiger partial charge on any atom is 0.410 e. The number of carbonyl (C=O) groups is 5. The van der Waals surface area contributed by atoms with Crippen molar-refractivity contribution in [1.29, 1.82) is 0 Å². The third kappa shape index (κ3) is 6.71. The Labute approximate surface area is 280 Å². The molecule has 0 radical (unpaired) electrons. The van der Waals surface area contributed by atoms with Gasteiger partial charge in [-0.15, -0.1) is 6.58 Å². The summed E-state index contributed by atoms with van der Waals surface area (Å²) in [5.74, 6) is -3.19. The molecule has 2 saturated carbocycles. The molecule has 5 aliphatic rings. The Kier molecular flexibility index (Phi) is 9.14. The predicted octanol–water partition coefficient (Wildman–Crippen LogP) is 2.12. The van der Waals surface area contributed by atoms with Gasteiger partial charge in [-0.3, -0.25) is 28.8 Å². The summed E-state index contributed by atoms with van der Waals surface area (Å²) in [7, 11) is -3.88. The van der Waals surface area contributed by atoms with Crippen LogP contribution in [0.25, 0.3) is 6.08 Å². The SMILES string of the molecule is C=C[C@@H]1C[C@]1(NC(=O)[C@@H]1C[C@@H]2CN1C(=O)[C@H](C(C)C)NC(=O)CCCC=Cc1cccc3c1CN(C3)C(=O)O2)C(=O)NS(=O)(=O)C1CC1. The second-order valence-electron chi connectivity index (χ2n) is 13.9. The van der Waals surface area contributed by atoms with Crippen molar-refractivity contribution in [3.63, 3.8) is 0 Å². The van der Waals surface area contributed by atoms with Gasteiger partial charge in [-0.25, -0.2) is 13.2 Å². The first-order chi connectivity index (χ1) is 22.8. The fourth-order valence-corrected chi connectivity index (χ4v) is 8.24. The molecule has 0 unspecified atom stereocenters. The molecule has 258 valence electrons. The standard InChI is InChI=1S/C34H43N5O8S/c1-4-23-16-34(23,32(43)37-48(45,46)25-13-14-25)36-30(41)27-15-24-18-39(27)31(42)29(20(2)3)35-28(40)12-7-5-6-9-21-10-8-11-22-17-38(19-26(21)22)33(44)47-24/h4,6,8-11,20,23-25,27,29H,1,5,7,12-19H2,2-3H3,(H,35,40)(H,36,41)(H,37,43)/t23-,24-,27+,29+,34-/m1/s1. The van der Waals surface area contributed by atoms with Crippen molar-refractivity contribution < 1.29 is 37.1 Å². The monoisotopic (exact) mass is 681 g/mol. The number of fused-ring (bicyclic) bond motifs is 3. The number of benzene rings is 1. The maximum atomic E-state index is 14.1. The van der Waals surface area contributed by atoms with E-state index in [0.717, 1.165) is 16.7 Å². The van der Waals surface area contributed by atoms with E-state index in [-0.39, 0.29) is 37.6 Å². The van der Waals surface area contributed by atoms with E-state index in [9.17, 15) is 32.4 Å². The number of nitrogens with zero attached hydrogens (tertiary/aromatic N) is 2. The Morgan fingerprint density at radius 1 is 1.17 bits per heavy atom. The average Bonchev–Trinajstić information content (AvgIpc) is 3.93. The van der Waals surface area contributed by atoms with Gasteiger partial charge < -0.3 is 20.3 Å². The Morgan fingerprint density at radius 3 is 2.62 bits per heavy atom. The van der Waals surface area contributed by atoms with E-state index in [1.165, 1.54) is 11.0 Å². The van der Waals surface area contributed by atoms with Gasteiger partial charge in [0.2, 0.25) is 27.7 Å². The van der Waals surface area contributed by atoms with E-state index in [1.807, 2.05) is 30.4 Å². The maximum absolute atomic E-state index is 14.1. The number of carbonyl (C=O) groups excluding carboxylic acids is 5. The summed E-state index contributed by atoms with van der Waals surface area (Å²) in [6, 6.07) is 3.77. The Morgan fingerprint density at radius 2 is 1.94 bits per heavy atom. The second kappa shape index (κ2) is 13.0. The molecule has 5 amide bonds. The molecule has 3 N–H and O–H groups in total. The third-order valence-corrected chi connectivity index (χ3v) is 11.8. The van der Waals surface area contributed by atoms with Crippen molar-refractivity contribution in [2.24, 2.45) is 11.8 Å². The molecule has 1 saturated heterocycles. The first-order valence-electron chi connectivity index (χ1n) is 16.7. The summed E-state index contributed by atoms with van der Waals surface area (Å²) >= 11 is 0. The van der Waals surface area contributed by atoms with Crippen LogP contribution >= 0.6 is 0 Å². The second-order valence-corrected chi connectivity index (χ2v) is 15.8. The molecular weight excluding hydrogens is 638 g/mol. The highest BCUT2D eigenvalue weighted by Gasteiger charge is 2.62. The predicted molar refractivity (Wildman–Crippen MR) is 175 cm³/mol. The quantitative estimate of drug-likeness (QED) is 0.368. The Hall–Kier alpha value is -4.20. The number of rotatable bonds is 7. The van der Waals surface area contributed by atoms with Gasteiger partial charge in [-0.05, 0) is 54.7 Å². The van der Waals surface area contributed by atoms with E-state index in [0.29, 0.717) is 38.8 Å². The average molecular weight is 682 g/mol. The number of ether oxygens (including phenoxy) is 1. The first-order valence-corrected chi connectivity index (χ1v) is 18.2. The molecule has 2 aliphatic carbocycles. The van der Waals surface area contributed by atoms with Crippen molar-refractivity contribution in [2.45, 2.75) is 101 Å². The first kappa shape index (κ1) is 33.7. The topological polar surface area (TPSA) is 171 Å². The van der Waals surface area contributed by atoms with Gasteiger partial charge in [0.25, 0.3) is 5.91 Å². The summed E-state index contributed by atoms with van der Waals surface area (Å²) in [6.45, 7) is 7.91. The summed E-state index contributed by atoms with van der Waals surface area (Å²) in [6.07, 6.45) is 6.48. The number of hydrogen-bond donors (Lipinski definition) is 3. The molecule has 14 heteroatoms. The van der Waals surface area contributed by atoms with Crippen LogP contribution in [-0.2, 0) is 47.0 Å². The summed E-state index contributed by atoms with van der Waals surface area (Å²) < 4.78 is 33.2. The summed E-state index contributed by atoms with van der Waals surface area (Å²) in [5, 5.41) is 4.95. The molecule has 6 rings (SSSR count). The van der Waals surface area contributed by atoms with Gasteiger partial charge in [0.15, 0.2) is 0 Å². The summed E-state index contributed by atoms with van der Waals surface area (Å²) in [4.78, 5) is 70.8. The van der Waals surface area contributed by atoms with E-state index in [2.05, 4.69) is 21.9 Å². The third-order valence-electron chi connectivity index (χ3n) is 9.96. The van der Waals surface area contributed by atoms with Crippen LogP contribution in [0.1, 0.15) is 75.5 Å². The Bertz CT molecular complexity index is 1670. The zero-order valence-electron chi connectivity index (χ0n) is 27.3. The van der Waals surface area contributed by atoms with Crippen LogP contribution in [0.15, 0.2) is 36.9 Å². The zero-order valence-corrected chi connectivity index (χ0v) is 28.1. The van der Waals surface area contributed by atoms with Crippen LogP contribution in [0.5, 0.6) is 0 Å². The number of sulfonamides is 1. The highest BCUT2D eigenvalue weighted by atomic mass is 32.2. The molecule has 5 atom stereocenters. The molecule has 4 bridgehead atoms. The van der Waals surface area contributed by atoms with Crippen molar-refractivity contribution >= 4 is 45.8 Å². The minimum Gasteiger partial charge on any atom is -0.444 e. The van der Waals surface area contributed by atoms with Crippen LogP contribution in [0.2, 0.25) is 0 Å². The van der Waals surface area contributed by atoms with E-state index < -0.39 is 68.7 Å². The lowest BCUT2D eigenvalue weighted by Crippen LogP contribution is -2.59. The largest absolute Gasteiger partial charge is 0.444 e. The van der Waals surface area contributed by atoms with Crippen molar-refractivity contribution in [2.75, 3.05) is 6.54 Å². The van der Waals surface area contributed by atoms with Crippen molar-refractivity contribution in [3.8, 4) is 0 Å². The molecule has 3 aliphatic heterocycles. The molecule has 3 heterocycles. The molecule has 0 aromatic heterocycles. The number of allylic oxidation sites excluding steroid dienone is 1. The highest BCUT2D eigenvalue weighted by molar-refractivity contribution is 7.91. The Balaban J connectivity index is 1.26. The normalized spacial score (nSPS) is 29.1. The highest BCUT2D eigenvalue weighted by Crippen LogP contribution is 2.45. The molecule has 48 heavy (non-hydrogen) atoms. The minimum atomic E-state index is -3.88. The lowest BCUT2D eigenvalue weighted by molar-refractivity contribution is -0.143. The van der Waals surface area contributed by atoms with Crippen molar-refractivity contribution in [3.05, 3.63) is 53.6 Å². The van der Waals surface area contributed by atoms with Gasteiger partial charge >= 0.3 is 6.09 Å². The van der Waals surface area contributed by atoms with E-state index in [1.54, 1.807) is 18.7 Å². The molecule has 3 fully saturated rings. The van der Waals surface area contributed by atoms with Crippen LogP contribution in [0.3, 0.4) is 0 Å². The van der Waals surface area contributed by atoms with E-state index in [4.69, 9.17) is 4.74 Å². The van der Waals surface area contributed by atoms with Crippen LogP contribution < -0.4 is 15.4 Å². The molecule has 1 aromatic carbocycles. The fraction of sp³-hybridized carbons (Fsp3) is 0.559. The fourth-order valence-electron chi connectivity index (χ4n) is 6.87. The van der Waals surface area contributed by atoms with E-state index >= 15 is 0 Å². The zero-order chi connectivity index (χ0) is 34.4. The van der Waals surface area contributed by atoms with Gasteiger partial charge in [-0.2, -0.15) is 0 Å².